The van der Waals surface area contributed by atoms with Crippen LogP contribution in [0.25, 0.3) is 0 Å². The van der Waals surface area contributed by atoms with E-state index in [0.29, 0.717) is 5.30 Å². The predicted octanol–water partition coefficient (Wildman–Crippen LogP) is 1.84. The van der Waals surface area contributed by atoms with Gasteiger partial charge in [-0.05, 0) is 0 Å². The zero-order valence-corrected chi connectivity index (χ0v) is 7.02. The first-order valence-electron chi connectivity index (χ1n) is 2.76. The summed E-state index contributed by atoms with van der Waals surface area (Å²) in [7, 11) is 0. The van der Waals surface area contributed by atoms with Gasteiger partial charge in [0.15, 0.2) is 6.48 Å². The topological polar surface area (TPSA) is 44.1 Å². The van der Waals surface area contributed by atoms with Crippen LogP contribution in [0.4, 0.5) is 0 Å². The van der Waals surface area contributed by atoms with Crippen LogP contribution in [0.15, 0.2) is 30.3 Å². The molecule has 0 fully saturated rings. The second kappa shape index (κ2) is 2.79. The van der Waals surface area contributed by atoms with Crippen LogP contribution in [0.3, 0.4) is 0 Å². The first-order chi connectivity index (χ1) is 4.61. The average Bonchev–Trinajstić information content (AvgIpc) is 1.88. The third-order valence-corrected chi connectivity index (χ3v) is 2.83. The van der Waals surface area contributed by atoms with Crippen LogP contribution in [0.1, 0.15) is 0 Å². The second-order valence-electron chi connectivity index (χ2n) is 1.94. The van der Waals surface area contributed by atoms with Crippen LogP contribution in [-0.4, -0.2) is 4.89 Å². The van der Waals surface area contributed by atoms with Crippen molar-refractivity contribution in [2.75, 3.05) is 0 Å². The van der Waals surface area contributed by atoms with E-state index in [1.54, 1.807) is 24.3 Å². The number of hydrogen-bond donors (Lipinski definition) is 3. The first kappa shape index (κ1) is 7.86. The Kier molecular flexibility index (Phi) is 2.19. The van der Waals surface area contributed by atoms with E-state index in [4.69, 9.17) is 10.1 Å². The molecule has 1 rings (SSSR count). The van der Waals surface area contributed by atoms with Crippen molar-refractivity contribution in [3.05, 3.63) is 30.3 Å². The third kappa shape index (κ3) is 1.87. The van der Waals surface area contributed by atoms with Gasteiger partial charge in [0, 0.05) is 5.30 Å². The fourth-order valence-electron chi connectivity index (χ4n) is 0.636. The van der Waals surface area contributed by atoms with E-state index in [0.717, 1.165) is 0 Å². The van der Waals surface area contributed by atoms with Gasteiger partial charge in [-0.2, -0.15) is 0 Å². The van der Waals surface area contributed by atoms with Crippen LogP contribution in [-0.2, 0) is 0 Å². The molecular formula is C6H8NOPS. The zero-order valence-electron chi connectivity index (χ0n) is 5.23. The zero-order chi connectivity index (χ0) is 7.61. The summed E-state index contributed by atoms with van der Waals surface area (Å²) in [6.45, 7) is -2.82. The summed E-state index contributed by atoms with van der Waals surface area (Å²) >= 11 is 3.78. The largest absolute Gasteiger partial charge is 0.349 e. The maximum atomic E-state index is 9.13. The highest BCUT2D eigenvalue weighted by atomic mass is 32.7. The molecule has 10 heavy (non-hydrogen) atoms. The summed E-state index contributed by atoms with van der Waals surface area (Å²) in [6, 6.07) is 8.81. The van der Waals surface area contributed by atoms with E-state index in [1.165, 1.54) is 0 Å². The molecule has 0 radical (unpaired) electrons. The molecule has 0 bridgehead atoms. The van der Waals surface area contributed by atoms with Crippen LogP contribution in [0, 0.1) is 5.16 Å². The molecule has 1 unspecified atom stereocenters. The van der Waals surface area contributed by atoms with Gasteiger partial charge in [-0.15, -0.1) is 12.2 Å². The molecule has 0 saturated heterocycles. The smallest absolute Gasteiger partial charge is 0.161 e. The molecule has 2 nitrogen and oxygen atoms in total. The van der Waals surface area contributed by atoms with Gasteiger partial charge < -0.3 is 4.89 Å². The lowest BCUT2D eigenvalue weighted by Crippen LogP contribution is -1.96. The summed E-state index contributed by atoms with van der Waals surface area (Å²) in [5.41, 5.74) is 0. The highest BCUT2D eigenvalue weighted by Crippen LogP contribution is 2.44. The van der Waals surface area contributed by atoms with Gasteiger partial charge in [0.05, 0.1) is 0 Å². The lowest BCUT2D eigenvalue weighted by molar-refractivity contribution is 0.637. The second-order valence-corrected chi connectivity index (χ2v) is 5.39. The van der Waals surface area contributed by atoms with Gasteiger partial charge in [0.2, 0.25) is 0 Å². The Morgan fingerprint density at radius 3 is 2.10 bits per heavy atom. The van der Waals surface area contributed by atoms with Crippen molar-refractivity contribution in [3.63, 3.8) is 0 Å². The summed E-state index contributed by atoms with van der Waals surface area (Å²) in [6.07, 6.45) is 0. The van der Waals surface area contributed by atoms with E-state index in [1.807, 2.05) is 6.07 Å². The molecule has 1 aromatic carbocycles. The molecule has 4 heteroatoms. The van der Waals surface area contributed by atoms with Crippen molar-refractivity contribution >= 4 is 24.0 Å². The maximum Gasteiger partial charge on any atom is 0.161 e. The van der Waals surface area contributed by atoms with Crippen molar-refractivity contribution in [2.45, 2.75) is 0 Å². The Morgan fingerprint density at radius 1 is 1.30 bits per heavy atom. The van der Waals surface area contributed by atoms with Gasteiger partial charge in [-0.1, -0.05) is 30.3 Å². The summed E-state index contributed by atoms with van der Waals surface area (Å²) < 4.78 is 0. The minimum atomic E-state index is -2.82. The highest BCUT2D eigenvalue weighted by Gasteiger charge is 2.07. The van der Waals surface area contributed by atoms with E-state index in [-0.39, 0.29) is 0 Å². The van der Waals surface area contributed by atoms with Crippen molar-refractivity contribution in [2.24, 2.45) is 0 Å². The molecule has 0 aromatic heterocycles. The molecule has 0 aliphatic rings. The molecule has 1 aromatic rings. The molecule has 54 valence electrons. The molecule has 0 aliphatic heterocycles. The van der Waals surface area contributed by atoms with E-state index in [9.17, 15) is 0 Å². The fraction of sp³-hybridized carbons (Fsp3) is 0. The van der Waals surface area contributed by atoms with Gasteiger partial charge in [0.1, 0.15) is 0 Å². The van der Waals surface area contributed by atoms with Gasteiger partial charge in [0.25, 0.3) is 0 Å². The van der Waals surface area contributed by atoms with Crippen LogP contribution < -0.4 is 5.30 Å². The lowest BCUT2D eigenvalue weighted by Gasteiger charge is -2.05. The van der Waals surface area contributed by atoms with Crippen molar-refractivity contribution < 1.29 is 4.89 Å². The fourth-order valence-corrected chi connectivity index (χ4v) is 1.62. The Hall–Kier alpha value is -0.240. The molecule has 0 aliphatic carbocycles. The normalized spacial score (nSPS) is 16.2. The standard InChI is InChI=1S/C6H8NOPS/c7-9(8,10)6-4-2-1-3-5-6/h1-5H,(H3,7,8,10). The predicted molar refractivity (Wildman–Crippen MR) is 46.9 cm³/mol. The molecular weight excluding hydrogens is 165 g/mol. The molecule has 0 saturated carbocycles. The number of hydrogen-bond acceptors (Lipinski definition) is 1. The monoisotopic (exact) mass is 173 g/mol. The lowest BCUT2D eigenvalue weighted by atomic mass is 10.4. The molecule has 1 atom stereocenters. The Balaban J connectivity index is 3.09. The van der Waals surface area contributed by atoms with Crippen LogP contribution >= 0.6 is 18.7 Å². The average molecular weight is 173 g/mol. The number of nitrogens with one attached hydrogen (secondary N) is 1. The molecule has 2 N–H and O–H groups in total. The molecule has 0 heterocycles. The van der Waals surface area contributed by atoms with Crippen LogP contribution in [0.2, 0.25) is 0 Å². The molecule has 0 spiro atoms. The maximum absolute atomic E-state index is 9.13. The van der Waals surface area contributed by atoms with Gasteiger partial charge >= 0.3 is 0 Å². The first-order valence-corrected chi connectivity index (χ1v) is 5.65. The van der Waals surface area contributed by atoms with Crippen molar-refractivity contribution in [1.82, 2.24) is 0 Å². The highest BCUT2D eigenvalue weighted by molar-refractivity contribution is 8.48. The van der Waals surface area contributed by atoms with E-state index >= 15 is 0 Å². The minimum Gasteiger partial charge on any atom is -0.349 e. The van der Waals surface area contributed by atoms with Gasteiger partial charge in [-0.25, -0.2) is 0 Å². The Labute approximate surface area is 65.0 Å². The van der Waals surface area contributed by atoms with Gasteiger partial charge in [-0.3, -0.25) is 5.16 Å². The minimum absolute atomic E-state index is 0.596. The van der Waals surface area contributed by atoms with Crippen molar-refractivity contribution in [3.8, 4) is 0 Å². The van der Waals surface area contributed by atoms with E-state index < -0.39 is 6.48 Å². The SMILES string of the molecule is N=P(O)(S)c1ccccc1. The number of rotatable bonds is 1. The summed E-state index contributed by atoms with van der Waals surface area (Å²) in [5, 5.41) is 7.80. The summed E-state index contributed by atoms with van der Waals surface area (Å²) in [5.74, 6) is 0. The van der Waals surface area contributed by atoms with Crippen LogP contribution in [0.5, 0.6) is 0 Å². The molecule has 0 amide bonds. The quantitative estimate of drug-likeness (QED) is 0.440. The number of thiol groups is 1. The van der Waals surface area contributed by atoms with Crippen molar-refractivity contribution in [1.29, 1.82) is 5.16 Å². The third-order valence-electron chi connectivity index (χ3n) is 1.12. The number of benzene rings is 1. The summed E-state index contributed by atoms with van der Waals surface area (Å²) in [4.78, 5) is 9.13. The Bertz CT molecular complexity index is 256. The van der Waals surface area contributed by atoms with E-state index in [2.05, 4.69) is 12.2 Å². The Morgan fingerprint density at radius 2 is 1.80 bits per heavy atom.